The number of anilines is 1. The van der Waals surface area contributed by atoms with E-state index in [1.165, 1.54) is 12.1 Å². The van der Waals surface area contributed by atoms with Crippen molar-refractivity contribution in [1.82, 2.24) is 34.0 Å². The van der Waals surface area contributed by atoms with E-state index in [-0.39, 0.29) is 35.7 Å². The average Bonchev–Trinajstić information content (AvgIpc) is 3.67. The van der Waals surface area contributed by atoms with Crippen LogP contribution in [0.3, 0.4) is 0 Å². The van der Waals surface area contributed by atoms with Gasteiger partial charge in [0.25, 0.3) is 12.2 Å². The topological polar surface area (TPSA) is 76.6 Å². The van der Waals surface area contributed by atoms with E-state index in [4.69, 9.17) is 14.7 Å². The maximum absolute atomic E-state index is 15.2. The summed E-state index contributed by atoms with van der Waals surface area (Å²) in [5.74, 6) is 1.61. The van der Waals surface area contributed by atoms with E-state index in [9.17, 15) is 8.78 Å². The van der Waals surface area contributed by atoms with Crippen molar-refractivity contribution in [3.63, 3.8) is 0 Å². The van der Waals surface area contributed by atoms with Crippen LogP contribution in [0.5, 0.6) is 0 Å². The Morgan fingerprint density at radius 1 is 1.10 bits per heavy atom. The van der Waals surface area contributed by atoms with Crippen molar-refractivity contribution < 1.29 is 17.9 Å². The van der Waals surface area contributed by atoms with E-state index in [1.54, 1.807) is 6.33 Å². The predicted molar refractivity (Wildman–Crippen MR) is 150 cm³/mol. The zero-order chi connectivity index (χ0) is 29.0. The van der Waals surface area contributed by atoms with E-state index < -0.39 is 12.2 Å². The first-order valence-corrected chi connectivity index (χ1v) is 14.4. The summed E-state index contributed by atoms with van der Waals surface area (Å²) in [6.45, 7) is 13.1. The molecule has 12 heteroatoms. The van der Waals surface area contributed by atoms with Gasteiger partial charge in [0.1, 0.15) is 23.5 Å². The number of alkyl halides is 2. The van der Waals surface area contributed by atoms with Gasteiger partial charge in [0, 0.05) is 48.9 Å². The number of hydrogen-bond donors (Lipinski definition) is 0. The number of halogens is 3. The smallest absolute Gasteiger partial charge is 0.263 e. The van der Waals surface area contributed by atoms with Gasteiger partial charge in [0.2, 0.25) is 0 Å². The molecule has 0 saturated carbocycles. The molecule has 6 rings (SSSR count). The minimum atomic E-state index is -2.71. The number of imidazole rings is 1. The Balaban J connectivity index is 1.35. The summed E-state index contributed by atoms with van der Waals surface area (Å²) in [4.78, 5) is 14.5. The lowest BCUT2D eigenvalue weighted by Gasteiger charge is -2.49. The standard InChI is InChI=1S/C29H37F3N8O/c1-16(2)25(22-9-8-20(26(31)32)11-23(22)30)37-12-18(4)38(13-17(37)3)27-24-28(40-15-33-36-29(40)35-27)39(19(5)34-24)14-21-7-6-10-41-21/h8-9,11,15-18,21,25-26H,6-7,10,12-14H2,1-5H3/t17-,18+,21+,25?/m1/s1. The van der Waals surface area contributed by atoms with Gasteiger partial charge >= 0.3 is 0 Å². The monoisotopic (exact) mass is 570 g/mol. The van der Waals surface area contributed by atoms with Crippen molar-refractivity contribution in [2.75, 3.05) is 24.6 Å². The quantitative estimate of drug-likeness (QED) is 0.297. The van der Waals surface area contributed by atoms with Crippen LogP contribution >= 0.6 is 0 Å². The number of nitrogens with zero attached hydrogens (tertiary/aromatic N) is 8. The maximum Gasteiger partial charge on any atom is 0.263 e. The largest absolute Gasteiger partial charge is 0.376 e. The minimum absolute atomic E-state index is 0.0144. The third kappa shape index (κ3) is 4.94. The summed E-state index contributed by atoms with van der Waals surface area (Å²) in [6, 6.07) is 3.62. The Bertz CT molecular complexity index is 1550. The summed E-state index contributed by atoms with van der Waals surface area (Å²) in [7, 11) is 0. The van der Waals surface area contributed by atoms with Crippen molar-refractivity contribution in [3.8, 4) is 0 Å². The van der Waals surface area contributed by atoms with Crippen molar-refractivity contribution in [2.45, 2.75) is 84.7 Å². The first kappa shape index (κ1) is 27.9. The lowest BCUT2D eigenvalue weighted by atomic mass is 9.90. The van der Waals surface area contributed by atoms with Gasteiger partial charge in [-0.05, 0) is 45.6 Å². The second kappa shape index (κ2) is 10.9. The molecule has 1 aromatic carbocycles. The molecule has 0 N–H and O–H groups in total. The van der Waals surface area contributed by atoms with E-state index in [2.05, 4.69) is 38.4 Å². The van der Waals surface area contributed by atoms with Crippen molar-refractivity contribution >= 4 is 22.8 Å². The fourth-order valence-electron chi connectivity index (χ4n) is 6.64. The first-order valence-electron chi connectivity index (χ1n) is 14.4. The molecule has 0 aliphatic carbocycles. The zero-order valence-corrected chi connectivity index (χ0v) is 24.1. The average molecular weight is 571 g/mol. The maximum atomic E-state index is 15.2. The van der Waals surface area contributed by atoms with E-state index in [0.29, 0.717) is 31.0 Å². The third-order valence-corrected chi connectivity index (χ3v) is 8.61. The molecule has 0 bridgehead atoms. The van der Waals surface area contributed by atoms with E-state index >= 15 is 4.39 Å². The molecular formula is C29H37F3N8O. The summed E-state index contributed by atoms with van der Waals surface area (Å²) in [6.07, 6.45) is 1.18. The van der Waals surface area contributed by atoms with Crippen LogP contribution in [0.4, 0.5) is 19.0 Å². The van der Waals surface area contributed by atoms with Crippen LogP contribution in [0, 0.1) is 18.7 Å². The zero-order valence-electron chi connectivity index (χ0n) is 24.1. The molecular weight excluding hydrogens is 533 g/mol. The van der Waals surface area contributed by atoms with E-state index in [0.717, 1.165) is 48.3 Å². The first-order chi connectivity index (χ1) is 19.6. The fraction of sp³-hybridized carbons (Fsp3) is 0.586. The molecule has 220 valence electrons. The molecule has 0 amide bonds. The number of benzene rings is 1. The lowest BCUT2D eigenvalue weighted by molar-refractivity contribution is 0.0798. The highest BCUT2D eigenvalue weighted by Crippen LogP contribution is 2.38. The fourth-order valence-corrected chi connectivity index (χ4v) is 6.64. The molecule has 0 radical (unpaired) electrons. The molecule has 4 aromatic rings. The molecule has 5 heterocycles. The molecule has 9 nitrogen and oxygen atoms in total. The Labute approximate surface area is 237 Å². The lowest BCUT2D eigenvalue weighted by Crippen LogP contribution is -2.58. The number of hydrogen-bond acceptors (Lipinski definition) is 7. The second-order valence-corrected chi connectivity index (χ2v) is 11.8. The minimum Gasteiger partial charge on any atom is -0.376 e. The molecule has 2 aliphatic rings. The van der Waals surface area contributed by atoms with E-state index in [1.807, 2.05) is 25.2 Å². The van der Waals surface area contributed by atoms with Crippen LogP contribution in [0.2, 0.25) is 0 Å². The Hall–Kier alpha value is -3.25. The molecule has 2 fully saturated rings. The number of piperazine rings is 1. The van der Waals surface area contributed by atoms with Gasteiger partial charge in [-0.3, -0.25) is 4.90 Å². The van der Waals surface area contributed by atoms with Crippen LogP contribution < -0.4 is 4.90 Å². The van der Waals surface area contributed by atoms with Gasteiger partial charge in [-0.2, -0.15) is 4.98 Å². The van der Waals surface area contributed by atoms with Crippen LogP contribution in [-0.2, 0) is 11.3 Å². The van der Waals surface area contributed by atoms with Gasteiger partial charge in [-0.15, -0.1) is 10.2 Å². The van der Waals surface area contributed by atoms with Crippen molar-refractivity contribution in [1.29, 1.82) is 0 Å². The summed E-state index contributed by atoms with van der Waals surface area (Å²) < 4.78 is 51.6. The highest BCUT2D eigenvalue weighted by Gasteiger charge is 2.38. The van der Waals surface area contributed by atoms with Crippen molar-refractivity contribution in [3.05, 3.63) is 47.3 Å². The Morgan fingerprint density at radius 2 is 1.90 bits per heavy atom. The van der Waals surface area contributed by atoms with Gasteiger partial charge in [-0.1, -0.05) is 26.0 Å². The highest BCUT2D eigenvalue weighted by atomic mass is 19.3. The van der Waals surface area contributed by atoms with Gasteiger partial charge < -0.3 is 14.2 Å². The number of aryl methyl sites for hydroxylation is 1. The summed E-state index contributed by atoms with van der Waals surface area (Å²) >= 11 is 0. The van der Waals surface area contributed by atoms with Gasteiger partial charge in [0.05, 0.1) is 12.6 Å². The van der Waals surface area contributed by atoms with Crippen LogP contribution in [-0.4, -0.2) is 71.9 Å². The number of aromatic nitrogens is 6. The second-order valence-electron chi connectivity index (χ2n) is 11.8. The molecule has 0 spiro atoms. The van der Waals surface area contributed by atoms with Crippen molar-refractivity contribution in [2.24, 2.45) is 5.92 Å². The molecule has 2 aliphatic heterocycles. The normalized spacial score (nSPS) is 23.1. The molecule has 1 unspecified atom stereocenters. The Morgan fingerprint density at radius 3 is 2.59 bits per heavy atom. The van der Waals surface area contributed by atoms with Crippen LogP contribution in [0.15, 0.2) is 24.5 Å². The molecule has 41 heavy (non-hydrogen) atoms. The molecule has 3 aromatic heterocycles. The summed E-state index contributed by atoms with van der Waals surface area (Å²) in [5, 5.41) is 8.42. The third-order valence-electron chi connectivity index (χ3n) is 8.61. The Kier molecular flexibility index (Phi) is 7.39. The number of fused-ring (bicyclic) bond motifs is 3. The SMILES string of the molecule is Cc1nc2c(N3C[C@@H](C)N(C(c4ccc(C(F)F)cc4F)C(C)C)C[C@@H]3C)nc3nncn3c2n1C[C@@H]1CCCO1. The number of ether oxygens (including phenoxy) is 1. The van der Waals surface area contributed by atoms with Crippen LogP contribution in [0.1, 0.15) is 70.0 Å². The predicted octanol–water partition coefficient (Wildman–Crippen LogP) is 5.33. The molecule has 2 saturated heterocycles. The van der Waals surface area contributed by atoms with Gasteiger partial charge in [0.15, 0.2) is 11.5 Å². The summed E-state index contributed by atoms with van der Waals surface area (Å²) in [5.41, 5.74) is 1.83. The highest BCUT2D eigenvalue weighted by molar-refractivity contribution is 5.87. The number of rotatable bonds is 7. The van der Waals surface area contributed by atoms with Gasteiger partial charge in [-0.25, -0.2) is 22.6 Å². The van der Waals surface area contributed by atoms with Crippen LogP contribution in [0.25, 0.3) is 16.9 Å². The molecule has 4 atom stereocenters.